The monoisotopic (exact) mass is 288 g/mol. The Balaban J connectivity index is 2.15. The van der Waals surface area contributed by atoms with Crippen LogP contribution in [0.25, 0.3) is 11.0 Å². The molecule has 0 amide bonds. The molecule has 0 fully saturated rings. The van der Waals surface area contributed by atoms with Gasteiger partial charge in [-0.15, -0.1) is 0 Å². The maximum absolute atomic E-state index is 13.9. The number of halogens is 2. The standard InChI is InChI=1S/C13H10F2N6/c1-6-17-4-9-12(20-6)13(19-5-18-9)21-11-7(14)2-3-8(16)10(11)15/h2-5H,16H2,1H3,(H,18,19,21). The molecular formula is C13H10F2N6. The molecule has 0 saturated heterocycles. The maximum atomic E-state index is 13.9. The Hall–Kier alpha value is -2.90. The first-order valence-electron chi connectivity index (χ1n) is 6.01. The van der Waals surface area contributed by atoms with Crippen LogP contribution in [0.15, 0.2) is 24.7 Å². The van der Waals surface area contributed by atoms with Gasteiger partial charge >= 0.3 is 0 Å². The van der Waals surface area contributed by atoms with Crippen LogP contribution in [0.5, 0.6) is 0 Å². The zero-order valence-corrected chi connectivity index (χ0v) is 10.9. The average Bonchev–Trinajstić information content (AvgIpc) is 2.48. The molecule has 0 bridgehead atoms. The van der Waals surface area contributed by atoms with Gasteiger partial charge in [-0.1, -0.05) is 0 Å². The van der Waals surface area contributed by atoms with Gasteiger partial charge in [0.15, 0.2) is 11.6 Å². The van der Waals surface area contributed by atoms with Gasteiger partial charge in [0.05, 0.1) is 11.9 Å². The summed E-state index contributed by atoms with van der Waals surface area (Å²) in [6, 6.07) is 2.23. The molecule has 1 aromatic carbocycles. The zero-order chi connectivity index (χ0) is 15.0. The molecule has 0 atom stereocenters. The summed E-state index contributed by atoms with van der Waals surface area (Å²) < 4.78 is 27.7. The first kappa shape index (κ1) is 13.1. The van der Waals surface area contributed by atoms with Crippen molar-refractivity contribution in [2.75, 3.05) is 11.1 Å². The quantitative estimate of drug-likeness (QED) is 0.703. The van der Waals surface area contributed by atoms with Crippen LogP contribution in [0.2, 0.25) is 0 Å². The minimum atomic E-state index is -0.882. The fourth-order valence-corrected chi connectivity index (χ4v) is 1.84. The Morgan fingerprint density at radius 3 is 2.76 bits per heavy atom. The fraction of sp³-hybridized carbons (Fsp3) is 0.0769. The first-order valence-corrected chi connectivity index (χ1v) is 6.01. The van der Waals surface area contributed by atoms with Gasteiger partial charge in [-0.3, -0.25) is 0 Å². The van der Waals surface area contributed by atoms with Gasteiger partial charge in [-0.25, -0.2) is 28.7 Å². The maximum Gasteiger partial charge on any atom is 0.172 e. The summed E-state index contributed by atoms with van der Waals surface area (Å²) in [5.41, 5.74) is 5.72. The van der Waals surface area contributed by atoms with E-state index in [2.05, 4.69) is 25.3 Å². The highest BCUT2D eigenvalue weighted by molar-refractivity contribution is 5.86. The van der Waals surface area contributed by atoms with E-state index in [4.69, 9.17) is 5.73 Å². The summed E-state index contributed by atoms with van der Waals surface area (Å²) in [6.07, 6.45) is 2.77. The molecule has 0 aliphatic heterocycles. The molecular weight excluding hydrogens is 278 g/mol. The smallest absolute Gasteiger partial charge is 0.172 e. The minimum absolute atomic E-state index is 0.164. The summed E-state index contributed by atoms with van der Waals surface area (Å²) in [6.45, 7) is 1.69. The predicted octanol–water partition coefficient (Wildman–Crippen LogP) is 2.33. The Labute approximate surface area is 118 Å². The van der Waals surface area contributed by atoms with E-state index in [0.29, 0.717) is 16.9 Å². The molecule has 3 aromatic rings. The van der Waals surface area contributed by atoms with Crippen LogP contribution < -0.4 is 11.1 Å². The van der Waals surface area contributed by atoms with Crippen molar-refractivity contribution in [2.24, 2.45) is 0 Å². The molecule has 0 radical (unpaired) electrons. The second-order valence-corrected chi connectivity index (χ2v) is 4.32. The Morgan fingerprint density at radius 2 is 1.95 bits per heavy atom. The number of fused-ring (bicyclic) bond motifs is 1. The highest BCUT2D eigenvalue weighted by Crippen LogP contribution is 2.28. The van der Waals surface area contributed by atoms with Crippen molar-refractivity contribution in [1.29, 1.82) is 0 Å². The molecule has 0 aliphatic carbocycles. The number of hydrogen-bond acceptors (Lipinski definition) is 6. The third kappa shape index (κ3) is 2.31. The van der Waals surface area contributed by atoms with E-state index in [-0.39, 0.29) is 17.2 Å². The first-order chi connectivity index (χ1) is 10.1. The number of nitrogens with two attached hydrogens (primary N) is 1. The molecule has 3 rings (SSSR count). The van der Waals surface area contributed by atoms with Crippen LogP contribution in [-0.2, 0) is 0 Å². The lowest BCUT2D eigenvalue weighted by Gasteiger charge is -2.10. The second-order valence-electron chi connectivity index (χ2n) is 4.32. The molecule has 0 aliphatic rings. The van der Waals surface area contributed by atoms with Gasteiger partial charge in [-0.2, -0.15) is 0 Å². The van der Waals surface area contributed by atoms with Crippen molar-refractivity contribution >= 4 is 28.2 Å². The van der Waals surface area contributed by atoms with E-state index in [1.165, 1.54) is 12.5 Å². The van der Waals surface area contributed by atoms with Crippen LogP contribution in [0.4, 0.5) is 26.0 Å². The van der Waals surface area contributed by atoms with E-state index >= 15 is 0 Å². The van der Waals surface area contributed by atoms with Crippen LogP contribution in [0.3, 0.4) is 0 Å². The van der Waals surface area contributed by atoms with Crippen molar-refractivity contribution in [3.8, 4) is 0 Å². The lowest BCUT2D eigenvalue weighted by molar-refractivity contribution is 0.593. The van der Waals surface area contributed by atoms with E-state index in [9.17, 15) is 8.78 Å². The van der Waals surface area contributed by atoms with Gasteiger partial charge in [0.2, 0.25) is 0 Å². The minimum Gasteiger partial charge on any atom is -0.396 e. The zero-order valence-electron chi connectivity index (χ0n) is 10.9. The highest BCUT2D eigenvalue weighted by Gasteiger charge is 2.15. The molecule has 3 N–H and O–H groups in total. The molecule has 0 saturated carbocycles. The number of benzene rings is 1. The van der Waals surface area contributed by atoms with Gasteiger partial charge < -0.3 is 11.1 Å². The van der Waals surface area contributed by atoms with Crippen LogP contribution in [-0.4, -0.2) is 19.9 Å². The van der Waals surface area contributed by atoms with Crippen molar-refractivity contribution in [2.45, 2.75) is 6.92 Å². The molecule has 0 spiro atoms. The van der Waals surface area contributed by atoms with E-state index in [1.807, 2.05) is 0 Å². The number of nitrogens with one attached hydrogen (secondary N) is 1. The van der Waals surface area contributed by atoms with Gasteiger partial charge in [0, 0.05) is 0 Å². The molecule has 0 unspecified atom stereocenters. The molecule has 8 heteroatoms. The molecule has 6 nitrogen and oxygen atoms in total. The SMILES string of the molecule is Cc1ncc2ncnc(Nc3c(F)ccc(N)c3F)c2n1. The summed E-state index contributed by atoms with van der Waals surface area (Å²) in [4.78, 5) is 16.2. The number of aryl methyl sites for hydroxylation is 1. The Morgan fingerprint density at radius 1 is 1.14 bits per heavy atom. The highest BCUT2D eigenvalue weighted by atomic mass is 19.1. The number of aromatic nitrogens is 4. The summed E-state index contributed by atoms with van der Waals surface area (Å²) in [5.74, 6) is -0.991. The van der Waals surface area contributed by atoms with Crippen LogP contribution >= 0.6 is 0 Å². The molecule has 21 heavy (non-hydrogen) atoms. The van der Waals surface area contributed by atoms with Crippen molar-refractivity contribution in [3.05, 3.63) is 42.1 Å². The number of nitrogens with zero attached hydrogens (tertiary/aromatic N) is 4. The molecule has 2 heterocycles. The number of rotatable bonds is 2. The van der Waals surface area contributed by atoms with Gasteiger partial charge in [0.1, 0.15) is 34.7 Å². The van der Waals surface area contributed by atoms with Crippen LogP contribution in [0, 0.1) is 18.6 Å². The van der Waals surface area contributed by atoms with Crippen molar-refractivity contribution < 1.29 is 8.78 Å². The number of anilines is 3. The number of hydrogen-bond donors (Lipinski definition) is 2. The topological polar surface area (TPSA) is 89.6 Å². The van der Waals surface area contributed by atoms with E-state index < -0.39 is 11.6 Å². The third-order valence-electron chi connectivity index (χ3n) is 2.86. The fourth-order valence-electron chi connectivity index (χ4n) is 1.84. The largest absolute Gasteiger partial charge is 0.396 e. The van der Waals surface area contributed by atoms with Crippen molar-refractivity contribution in [1.82, 2.24) is 19.9 Å². The predicted molar refractivity (Wildman–Crippen MR) is 73.9 cm³/mol. The van der Waals surface area contributed by atoms with Gasteiger partial charge in [-0.05, 0) is 19.1 Å². The summed E-state index contributed by atoms with van der Waals surface area (Å²) >= 11 is 0. The van der Waals surface area contributed by atoms with Crippen LogP contribution in [0.1, 0.15) is 5.82 Å². The molecule has 2 aromatic heterocycles. The normalized spacial score (nSPS) is 10.8. The summed E-state index contributed by atoms with van der Waals surface area (Å²) in [5, 5.41) is 2.58. The van der Waals surface area contributed by atoms with E-state index in [0.717, 1.165) is 12.1 Å². The lowest BCUT2D eigenvalue weighted by atomic mass is 10.2. The number of nitrogen functional groups attached to an aromatic ring is 1. The lowest BCUT2D eigenvalue weighted by Crippen LogP contribution is -2.04. The Bertz CT molecular complexity index is 836. The van der Waals surface area contributed by atoms with Crippen molar-refractivity contribution in [3.63, 3.8) is 0 Å². The third-order valence-corrected chi connectivity index (χ3v) is 2.86. The average molecular weight is 288 g/mol. The van der Waals surface area contributed by atoms with E-state index in [1.54, 1.807) is 6.92 Å². The summed E-state index contributed by atoms with van der Waals surface area (Å²) in [7, 11) is 0. The molecule has 106 valence electrons. The Kier molecular flexibility index (Phi) is 3.05. The second kappa shape index (κ2) is 4.89. The van der Waals surface area contributed by atoms with Gasteiger partial charge in [0.25, 0.3) is 0 Å².